The van der Waals surface area contributed by atoms with Crippen LogP contribution in [0.25, 0.3) is 17.8 Å². The number of nitrogens with zero attached hydrogens (tertiary/aromatic N) is 3. The Morgan fingerprint density at radius 1 is 1.03 bits per heavy atom. The highest BCUT2D eigenvalue weighted by atomic mass is 16.1. The third-order valence-corrected chi connectivity index (χ3v) is 5.01. The third-order valence-electron chi connectivity index (χ3n) is 5.01. The number of carbonyl (C=O) groups excluding carboxylic acids is 1. The quantitative estimate of drug-likeness (QED) is 0.479. The highest BCUT2D eigenvalue weighted by molar-refractivity contribution is 6.04. The summed E-state index contributed by atoms with van der Waals surface area (Å²) in [6.45, 7) is 6.32. The van der Waals surface area contributed by atoms with Gasteiger partial charge in [-0.3, -0.25) is 9.78 Å². The van der Waals surface area contributed by atoms with Crippen molar-refractivity contribution in [1.82, 2.24) is 14.4 Å². The zero-order valence-electron chi connectivity index (χ0n) is 17.3. The van der Waals surface area contributed by atoms with Gasteiger partial charge < -0.3 is 9.72 Å². The van der Waals surface area contributed by atoms with E-state index in [4.69, 9.17) is 0 Å². The number of amides is 1. The Balaban J connectivity index is 1.48. The number of nitrogens with one attached hydrogen (secondary N) is 1. The van der Waals surface area contributed by atoms with Gasteiger partial charge in [-0.05, 0) is 60.9 Å². The van der Waals surface area contributed by atoms with Crippen LogP contribution in [0.15, 0.2) is 67.0 Å². The van der Waals surface area contributed by atoms with Gasteiger partial charge in [0, 0.05) is 23.7 Å². The van der Waals surface area contributed by atoms with E-state index in [0.29, 0.717) is 11.5 Å². The van der Waals surface area contributed by atoms with Crippen LogP contribution >= 0.6 is 0 Å². The smallest absolute Gasteiger partial charge is 0.255 e. The Bertz CT molecular complexity index is 1210. The van der Waals surface area contributed by atoms with Crippen molar-refractivity contribution < 1.29 is 4.79 Å². The average Bonchev–Trinajstić information content (AvgIpc) is 3.10. The molecule has 4 aromatic rings. The Kier molecular flexibility index (Phi) is 5.44. The summed E-state index contributed by atoms with van der Waals surface area (Å²) in [5.74, 6) is 0.213. The molecule has 0 atom stereocenters. The highest BCUT2D eigenvalue weighted by Gasteiger charge is 2.12. The molecule has 3 aromatic heterocycles. The van der Waals surface area contributed by atoms with E-state index in [2.05, 4.69) is 36.1 Å². The first-order valence-corrected chi connectivity index (χ1v) is 10.0. The molecule has 0 aliphatic carbocycles. The lowest BCUT2D eigenvalue weighted by atomic mass is 10.1. The first-order chi connectivity index (χ1) is 14.5. The molecule has 150 valence electrons. The second-order valence-corrected chi connectivity index (χ2v) is 7.55. The summed E-state index contributed by atoms with van der Waals surface area (Å²) in [4.78, 5) is 21.6. The topological polar surface area (TPSA) is 59.3 Å². The summed E-state index contributed by atoms with van der Waals surface area (Å²) in [6, 6.07) is 17.1. The van der Waals surface area contributed by atoms with Crippen molar-refractivity contribution in [3.8, 4) is 0 Å². The second-order valence-electron chi connectivity index (χ2n) is 7.55. The van der Waals surface area contributed by atoms with E-state index in [1.54, 1.807) is 6.20 Å². The highest BCUT2D eigenvalue weighted by Crippen LogP contribution is 2.22. The van der Waals surface area contributed by atoms with Crippen LogP contribution in [0.3, 0.4) is 0 Å². The van der Waals surface area contributed by atoms with Crippen molar-refractivity contribution in [2.24, 2.45) is 0 Å². The molecule has 0 aliphatic heterocycles. The molecule has 1 amide bonds. The number of rotatable bonds is 5. The molecule has 0 saturated carbocycles. The number of pyridine rings is 2. The van der Waals surface area contributed by atoms with E-state index in [1.165, 1.54) is 0 Å². The first-order valence-electron chi connectivity index (χ1n) is 10.0. The summed E-state index contributed by atoms with van der Waals surface area (Å²) in [7, 11) is 0. The van der Waals surface area contributed by atoms with E-state index < -0.39 is 0 Å². The number of benzene rings is 1. The van der Waals surface area contributed by atoms with Gasteiger partial charge in [0.25, 0.3) is 5.91 Å². The fourth-order valence-corrected chi connectivity index (χ4v) is 3.41. The van der Waals surface area contributed by atoms with Gasteiger partial charge in [-0.2, -0.15) is 0 Å². The van der Waals surface area contributed by atoms with Crippen molar-refractivity contribution >= 4 is 29.4 Å². The van der Waals surface area contributed by atoms with E-state index in [0.717, 1.165) is 34.0 Å². The molecular weight excluding hydrogens is 372 g/mol. The van der Waals surface area contributed by atoms with Crippen molar-refractivity contribution in [2.45, 2.75) is 26.7 Å². The molecule has 1 N–H and O–H groups in total. The first kappa shape index (κ1) is 19.6. The minimum absolute atomic E-state index is 0.142. The number of hydrogen-bond acceptors (Lipinski definition) is 3. The number of aryl methyl sites for hydroxylation is 1. The van der Waals surface area contributed by atoms with Gasteiger partial charge in [0.15, 0.2) is 0 Å². The van der Waals surface area contributed by atoms with Gasteiger partial charge in [0.1, 0.15) is 5.65 Å². The zero-order valence-corrected chi connectivity index (χ0v) is 17.3. The minimum Gasteiger partial charge on any atom is -0.321 e. The van der Waals surface area contributed by atoms with Crippen LogP contribution in [0.4, 0.5) is 5.69 Å². The lowest BCUT2D eigenvalue weighted by molar-refractivity contribution is 0.102. The van der Waals surface area contributed by atoms with Crippen LogP contribution in [0.1, 0.15) is 52.8 Å². The van der Waals surface area contributed by atoms with Crippen LogP contribution < -0.4 is 5.32 Å². The Morgan fingerprint density at radius 3 is 2.53 bits per heavy atom. The summed E-state index contributed by atoms with van der Waals surface area (Å²) in [6.07, 6.45) is 7.61. The molecule has 0 saturated heterocycles. The minimum atomic E-state index is -0.142. The Morgan fingerprint density at radius 2 is 1.83 bits per heavy atom. The molecule has 0 spiro atoms. The predicted molar refractivity (Wildman–Crippen MR) is 122 cm³/mol. The molecule has 5 nitrogen and oxygen atoms in total. The fourth-order valence-electron chi connectivity index (χ4n) is 3.41. The number of imidazole rings is 1. The third kappa shape index (κ3) is 4.15. The van der Waals surface area contributed by atoms with Crippen molar-refractivity contribution in [2.75, 3.05) is 5.32 Å². The molecule has 0 aliphatic rings. The van der Waals surface area contributed by atoms with Crippen LogP contribution in [0, 0.1) is 6.92 Å². The molecule has 0 bridgehead atoms. The monoisotopic (exact) mass is 396 g/mol. The molecular formula is C25H24N4O. The summed E-state index contributed by atoms with van der Waals surface area (Å²) in [5, 5.41) is 2.98. The number of aromatic nitrogens is 3. The molecule has 0 radical (unpaired) electrons. The number of hydrogen-bond donors (Lipinski definition) is 1. The van der Waals surface area contributed by atoms with Gasteiger partial charge in [0.05, 0.1) is 17.1 Å². The van der Waals surface area contributed by atoms with E-state index in [-0.39, 0.29) is 5.91 Å². The SMILES string of the molecule is Cc1c(C(C)C)nc2ccc(NC(=O)c3ccc(C=Cc4ccccn4)cc3)cn12. The van der Waals surface area contributed by atoms with Crippen molar-refractivity contribution in [1.29, 1.82) is 0 Å². The van der Waals surface area contributed by atoms with Crippen LogP contribution in [-0.4, -0.2) is 20.3 Å². The molecule has 30 heavy (non-hydrogen) atoms. The van der Waals surface area contributed by atoms with Gasteiger partial charge in [-0.25, -0.2) is 4.98 Å². The fraction of sp³-hybridized carbons (Fsp3) is 0.160. The van der Waals surface area contributed by atoms with Crippen molar-refractivity contribution in [3.63, 3.8) is 0 Å². The zero-order chi connectivity index (χ0) is 21.1. The number of anilines is 1. The second kappa shape index (κ2) is 8.33. The molecule has 1 aromatic carbocycles. The lowest BCUT2D eigenvalue weighted by Gasteiger charge is -2.07. The van der Waals surface area contributed by atoms with Gasteiger partial charge >= 0.3 is 0 Å². The van der Waals surface area contributed by atoms with Crippen LogP contribution in [-0.2, 0) is 0 Å². The maximum atomic E-state index is 12.7. The molecule has 0 unspecified atom stereocenters. The standard InChI is InChI=1S/C25H24N4O/c1-17(2)24-18(3)29-16-22(13-14-23(29)28-24)27-25(30)20-10-7-19(8-11-20)9-12-21-6-4-5-15-26-21/h4-17H,1-3H3,(H,27,30). The molecule has 4 rings (SSSR count). The predicted octanol–water partition coefficient (Wildman–Crippen LogP) is 5.58. The average molecular weight is 396 g/mol. The van der Waals surface area contributed by atoms with E-state index >= 15 is 0 Å². The Labute approximate surface area is 176 Å². The maximum absolute atomic E-state index is 12.7. The number of carbonyl (C=O) groups is 1. The van der Waals surface area contributed by atoms with Crippen LogP contribution in [0.2, 0.25) is 0 Å². The van der Waals surface area contributed by atoms with Gasteiger partial charge in [0.2, 0.25) is 0 Å². The van der Waals surface area contributed by atoms with E-state index in [1.807, 2.05) is 77.3 Å². The maximum Gasteiger partial charge on any atom is 0.255 e. The van der Waals surface area contributed by atoms with Crippen molar-refractivity contribution in [3.05, 3.63) is 95.2 Å². The number of fused-ring (bicyclic) bond motifs is 1. The molecule has 5 heteroatoms. The van der Waals surface area contributed by atoms with Gasteiger partial charge in [-0.15, -0.1) is 0 Å². The summed E-state index contributed by atoms with van der Waals surface area (Å²) >= 11 is 0. The van der Waals surface area contributed by atoms with Gasteiger partial charge in [-0.1, -0.05) is 38.1 Å². The Hall–Kier alpha value is -3.73. The molecule has 3 heterocycles. The van der Waals surface area contributed by atoms with Crippen LogP contribution in [0.5, 0.6) is 0 Å². The van der Waals surface area contributed by atoms with E-state index in [9.17, 15) is 4.79 Å². The summed E-state index contributed by atoms with van der Waals surface area (Å²) in [5.41, 5.74) is 6.31. The normalized spacial score (nSPS) is 11.5. The largest absolute Gasteiger partial charge is 0.321 e. The summed E-state index contributed by atoms with van der Waals surface area (Å²) < 4.78 is 2.02. The molecule has 0 fully saturated rings. The lowest BCUT2D eigenvalue weighted by Crippen LogP contribution is -2.12.